The molecular formula is C13H17FO4S. The monoisotopic (exact) mass is 288 g/mol. The van der Waals surface area contributed by atoms with Gasteiger partial charge in [-0.1, -0.05) is 13.3 Å². The Labute approximate surface area is 112 Å². The van der Waals surface area contributed by atoms with Gasteiger partial charge in [0.15, 0.2) is 9.84 Å². The molecule has 6 heteroatoms. The predicted octanol–water partition coefficient (Wildman–Crippen LogP) is 2.79. The zero-order valence-corrected chi connectivity index (χ0v) is 11.9. The first-order valence-corrected chi connectivity index (χ1v) is 7.53. The maximum absolute atomic E-state index is 13.7. The Morgan fingerprint density at radius 3 is 2.47 bits per heavy atom. The number of carboxylic acid groups (broad SMARTS) is 1. The average molecular weight is 288 g/mol. The summed E-state index contributed by atoms with van der Waals surface area (Å²) in [6.45, 7) is 4.74. The number of hydrogen-bond acceptors (Lipinski definition) is 3. The summed E-state index contributed by atoms with van der Waals surface area (Å²) in [6, 6.07) is 1.86. The Hall–Kier alpha value is -1.43. The number of halogens is 1. The van der Waals surface area contributed by atoms with E-state index in [-0.39, 0.29) is 16.0 Å². The zero-order valence-electron chi connectivity index (χ0n) is 11.1. The fourth-order valence-electron chi connectivity index (χ4n) is 1.85. The molecule has 0 aliphatic rings. The molecule has 106 valence electrons. The number of carbonyl (C=O) groups is 1. The van der Waals surface area contributed by atoms with E-state index in [2.05, 4.69) is 0 Å². The van der Waals surface area contributed by atoms with Crippen LogP contribution >= 0.6 is 0 Å². The Balaban J connectivity index is 3.45. The summed E-state index contributed by atoms with van der Waals surface area (Å²) in [6.07, 6.45) is 1.13. The van der Waals surface area contributed by atoms with E-state index in [4.69, 9.17) is 5.11 Å². The molecule has 0 aliphatic carbocycles. The molecule has 1 rings (SSSR count). The quantitative estimate of drug-likeness (QED) is 0.904. The molecule has 0 saturated heterocycles. The lowest BCUT2D eigenvalue weighted by Gasteiger charge is -2.15. The fraction of sp³-hybridized carbons (Fsp3) is 0.462. The summed E-state index contributed by atoms with van der Waals surface area (Å²) in [7, 11) is -3.71. The van der Waals surface area contributed by atoms with E-state index < -0.39 is 26.9 Å². The van der Waals surface area contributed by atoms with Crippen LogP contribution in [0.4, 0.5) is 4.39 Å². The smallest absolute Gasteiger partial charge is 0.335 e. The highest BCUT2D eigenvalue weighted by molar-refractivity contribution is 7.92. The molecule has 4 nitrogen and oxygen atoms in total. The summed E-state index contributed by atoms with van der Waals surface area (Å²) in [5.41, 5.74) is -0.390. The van der Waals surface area contributed by atoms with Crippen LogP contribution in [-0.2, 0) is 9.84 Å². The van der Waals surface area contributed by atoms with Crippen LogP contribution in [0, 0.1) is 12.7 Å². The lowest BCUT2D eigenvalue weighted by molar-refractivity contribution is 0.0696. The Morgan fingerprint density at radius 2 is 2.00 bits per heavy atom. The summed E-state index contributed by atoms with van der Waals surface area (Å²) in [5.74, 6) is -2.17. The molecule has 19 heavy (non-hydrogen) atoms. The van der Waals surface area contributed by atoms with E-state index in [0.29, 0.717) is 12.8 Å². The van der Waals surface area contributed by atoms with Crippen molar-refractivity contribution < 1.29 is 22.7 Å². The highest BCUT2D eigenvalue weighted by atomic mass is 32.2. The van der Waals surface area contributed by atoms with Crippen LogP contribution in [0.3, 0.4) is 0 Å². The molecule has 0 bridgehead atoms. The van der Waals surface area contributed by atoms with E-state index in [1.807, 2.05) is 6.92 Å². The van der Waals surface area contributed by atoms with Crippen molar-refractivity contribution in [1.29, 1.82) is 0 Å². The number of aromatic carboxylic acids is 1. The van der Waals surface area contributed by atoms with Gasteiger partial charge >= 0.3 is 5.97 Å². The second-order valence-corrected chi connectivity index (χ2v) is 6.87. The van der Waals surface area contributed by atoms with Gasteiger partial charge in [-0.05, 0) is 32.4 Å². The summed E-state index contributed by atoms with van der Waals surface area (Å²) in [5, 5.41) is 8.20. The molecule has 0 amide bonds. The minimum absolute atomic E-state index is 0.0343. The number of hydrogen-bond donors (Lipinski definition) is 1. The summed E-state index contributed by atoms with van der Waals surface area (Å²) >= 11 is 0. The lowest BCUT2D eigenvalue weighted by Crippen LogP contribution is -2.20. The van der Waals surface area contributed by atoms with Gasteiger partial charge in [-0.2, -0.15) is 0 Å². The van der Waals surface area contributed by atoms with Crippen molar-refractivity contribution in [1.82, 2.24) is 0 Å². The van der Waals surface area contributed by atoms with Crippen LogP contribution in [0.2, 0.25) is 0 Å². The third-order valence-electron chi connectivity index (χ3n) is 3.08. The van der Waals surface area contributed by atoms with E-state index in [9.17, 15) is 17.6 Å². The Morgan fingerprint density at radius 1 is 1.42 bits per heavy atom. The summed E-state index contributed by atoms with van der Waals surface area (Å²) in [4.78, 5) is 10.6. The normalized spacial score (nSPS) is 13.3. The number of rotatable bonds is 5. The van der Waals surface area contributed by atoms with E-state index >= 15 is 0 Å². The van der Waals surface area contributed by atoms with E-state index in [0.717, 1.165) is 12.1 Å². The van der Waals surface area contributed by atoms with Gasteiger partial charge < -0.3 is 5.11 Å². The number of carboxylic acids is 1. The van der Waals surface area contributed by atoms with Gasteiger partial charge in [0.25, 0.3) is 0 Å². The maximum atomic E-state index is 13.7. The van der Waals surface area contributed by atoms with Crippen molar-refractivity contribution in [3.05, 3.63) is 29.1 Å². The van der Waals surface area contributed by atoms with Gasteiger partial charge in [0.1, 0.15) is 5.82 Å². The van der Waals surface area contributed by atoms with Crippen LogP contribution in [0.25, 0.3) is 0 Å². The van der Waals surface area contributed by atoms with Crippen molar-refractivity contribution in [2.75, 3.05) is 0 Å². The Bertz CT molecular complexity index is 593. The molecule has 0 fully saturated rings. The average Bonchev–Trinajstić information content (AvgIpc) is 2.32. The van der Waals surface area contributed by atoms with Gasteiger partial charge in [-0.25, -0.2) is 17.6 Å². The van der Waals surface area contributed by atoms with Crippen molar-refractivity contribution in [3.63, 3.8) is 0 Å². The van der Waals surface area contributed by atoms with Crippen LogP contribution in [0.5, 0.6) is 0 Å². The molecule has 0 aromatic heterocycles. The molecule has 0 aliphatic heterocycles. The third kappa shape index (κ3) is 3.12. The van der Waals surface area contributed by atoms with Crippen LogP contribution in [0.15, 0.2) is 17.0 Å². The molecule has 0 heterocycles. The molecule has 0 saturated carbocycles. The highest BCUT2D eigenvalue weighted by Gasteiger charge is 2.27. The number of sulfone groups is 1. The van der Waals surface area contributed by atoms with E-state index in [1.54, 1.807) is 6.92 Å². The first-order valence-electron chi connectivity index (χ1n) is 5.99. The van der Waals surface area contributed by atoms with Gasteiger partial charge in [-0.3, -0.25) is 0 Å². The minimum atomic E-state index is -3.71. The first-order chi connectivity index (χ1) is 8.71. The van der Waals surface area contributed by atoms with Gasteiger partial charge in [0, 0.05) is 5.56 Å². The second-order valence-electron chi connectivity index (χ2n) is 4.53. The van der Waals surface area contributed by atoms with Gasteiger partial charge in [0.05, 0.1) is 15.7 Å². The van der Waals surface area contributed by atoms with Crippen molar-refractivity contribution in [2.24, 2.45) is 0 Å². The van der Waals surface area contributed by atoms with Crippen LogP contribution in [0.1, 0.15) is 42.6 Å². The zero-order chi connectivity index (χ0) is 14.8. The largest absolute Gasteiger partial charge is 0.478 e. The first kappa shape index (κ1) is 15.6. The van der Waals surface area contributed by atoms with Crippen LogP contribution < -0.4 is 0 Å². The molecule has 1 N–H and O–H groups in total. The van der Waals surface area contributed by atoms with Crippen LogP contribution in [-0.4, -0.2) is 24.7 Å². The Kier molecular flexibility index (Phi) is 4.68. The number of benzene rings is 1. The van der Waals surface area contributed by atoms with E-state index in [1.165, 1.54) is 6.92 Å². The standard InChI is InChI=1S/C13H17FO4S/c1-4-5-8(2)19(17,18)12-7-10(13(15)16)6-11(14)9(12)3/h6-8H,4-5H2,1-3H3,(H,15,16). The third-order valence-corrected chi connectivity index (χ3v) is 5.41. The van der Waals surface area contributed by atoms with Crippen molar-refractivity contribution in [3.8, 4) is 0 Å². The fourth-order valence-corrected chi connectivity index (χ4v) is 3.65. The topological polar surface area (TPSA) is 71.4 Å². The molecule has 1 aromatic carbocycles. The lowest BCUT2D eigenvalue weighted by atomic mass is 10.1. The SMILES string of the molecule is CCCC(C)S(=O)(=O)c1cc(C(=O)O)cc(F)c1C. The second kappa shape index (κ2) is 5.69. The molecule has 1 atom stereocenters. The minimum Gasteiger partial charge on any atom is -0.478 e. The molecule has 1 unspecified atom stereocenters. The van der Waals surface area contributed by atoms with Crippen molar-refractivity contribution in [2.45, 2.75) is 43.8 Å². The van der Waals surface area contributed by atoms with Crippen molar-refractivity contribution >= 4 is 15.8 Å². The van der Waals surface area contributed by atoms with Gasteiger partial charge in [0.2, 0.25) is 0 Å². The predicted molar refractivity (Wildman–Crippen MR) is 69.7 cm³/mol. The maximum Gasteiger partial charge on any atom is 0.335 e. The molecule has 0 radical (unpaired) electrons. The van der Waals surface area contributed by atoms with Gasteiger partial charge in [-0.15, -0.1) is 0 Å². The highest BCUT2D eigenvalue weighted by Crippen LogP contribution is 2.26. The summed E-state index contributed by atoms with van der Waals surface area (Å²) < 4.78 is 38.3. The molecular weight excluding hydrogens is 271 g/mol. The molecule has 1 aromatic rings. The molecule has 0 spiro atoms.